The fraction of sp³-hybridized carbons (Fsp3) is 0.462. The number of carbonyl (C=O) groups is 1. The molecule has 0 heterocycles. The second-order valence-electron chi connectivity index (χ2n) is 4.35. The Morgan fingerprint density at radius 1 is 1.44 bits per heavy atom. The number of carboxylic acids is 1. The van der Waals surface area contributed by atoms with E-state index in [4.69, 9.17) is 16.7 Å². The molecular formula is C13H19ClN2O2. The summed E-state index contributed by atoms with van der Waals surface area (Å²) < 4.78 is 0. The Balaban J connectivity index is 2.61. The second kappa shape index (κ2) is 7.36. The zero-order valence-corrected chi connectivity index (χ0v) is 11.4. The van der Waals surface area contributed by atoms with Crippen molar-refractivity contribution in [2.24, 2.45) is 0 Å². The molecule has 0 fully saturated rings. The fourth-order valence-electron chi connectivity index (χ4n) is 1.75. The monoisotopic (exact) mass is 270 g/mol. The van der Waals surface area contributed by atoms with Gasteiger partial charge in [0.1, 0.15) is 0 Å². The molecule has 100 valence electrons. The number of rotatable bonds is 7. The summed E-state index contributed by atoms with van der Waals surface area (Å²) in [7, 11) is 3.96. The Labute approximate surface area is 113 Å². The summed E-state index contributed by atoms with van der Waals surface area (Å²) in [5.74, 6) is -0.790. The minimum absolute atomic E-state index is 0.128. The van der Waals surface area contributed by atoms with Crippen LogP contribution in [0.5, 0.6) is 0 Å². The van der Waals surface area contributed by atoms with Crippen LogP contribution in [0.4, 0.5) is 0 Å². The SMILES string of the molecule is CN(C)C(CNCCC(=O)O)c1ccccc1Cl. The number of likely N-dealkylation sites (N-methyl/N-ethyl adjacent to an activating group) is 1. The van der Waals surface area contributed by atoms with Crippen LogP contribution in [0.15, 0.2) is 24.3 Å². The van der Waals surface area contributed by atoms with Gasteiger partial charge in [0.05, 0.1) is 6.42 Å². The van der Waals surface area contributed by atoms with Crippen molar-refractivity contribution in [1.29, 1.82) is 0 Å². The summed E-state index contributed by atoms with van der Waals surface area (Å²) in [6.07, 6.45) is 0.128. The number of aliphatic carboxylic acids is 1. The predicted octanol–water partition coefficient (Wildman–Crippen LogP) is 2.01. The van der Waals surface area contributed by atoms with Crippen molar-refractivity contribution in [3.63, 3.8) is 0 Å². The molecule has 0 radical (unpaired) electrons. The van der Waals surface area contributed by atoms with E-state index in [0.29, 0.717) is 13.1 Å². The number of nitrogens with zero attached hydrogens (tertiary/aromatic N) is 1. The first-order chi connectivity index (χ1) is 8.52. The Bertz CT molecular complexity index is 396. The zero-order chi connectivity index (χ0) is 13.5. The first-order valence-electron chi connectivity index (χ1n) is 5.85. The molecule has 0 spiro atoms. The normalized spacial score (nSPS) is 12.7. The van der Waals surface area contributed by atoms with Gasteiger partial charge >= 0.3 is 5.97 Å². The first-order valence-corrected chi connectivity index (χ1v) is 6.23. The van der Waals surface area contributed by atoms with E-state index >= 15 is 0 Å². The summed E-state index contributed by atoms with van der Waals surface area (Å²) in [5.41, 5.74) is 1.05. The van der Waals surface area contributed by atoms with Crippen molar-refractivity contribution in [2.45, 2.75) is 12.5 Å². The quantitative estimate of drug-likeness (QED) is 0.744. The minimum atomic E-state index is -0.790. The van der Waals surface area contributed by atoms with Gasteiger partial charge in [-0.15, -0.1) is 0 Å². The molecule has 1 atom stereocenters. The van der Waals surface area contributed by atoms with Crippen molar-refractivity contribution in [1.82, 2.24) is 10.2 Å². The van der Waals surface area contributed by atoms with Crippen molar-refractivity contribution >= 4 is 17.6 Å². The topological polar surface area (TPSA) is 52.6 Å². The molecule has 0 aliphatic carbocycles. The zero-order valence-electron chi connectivity index (χ0n) is 10.7. The van der Waals surface area contributed by atoms with Crippen LogP contribution in [0.2, 0.25) is 5.02 Å². The van der Waals surface area contributed by atoms with E-state index in [1.54, 1.807) is 0 Å². The van der Waals surface area contributed by atoms with Crippen LogP contribution >= 0.6 is 11.6 Å². The van der Waals surface area contributed by atoms with E-state index in [1.807, 2.05) is 38.4 Å². The number of carboxylic acid groups (broad SMARTS) is 1. The Morgan fingerprint density at radius 2 is 2.11 bits per heavy atom. The molecule has 1 aromatic rings. The summed E-state index contributed by atoms with van der Waals surface area (Å²) in [4.78, 5) is 12.5. The van der Waals surface area contributed by atoms with Crippen LogP contribution in [-0.4, -0.2) is 43.2 Å². The van der Waals surface area contributed by atoms with E-state index in [9.17, 15) is 4.79 Å². The molecule has 1 rings (SSSR count). The second-order valence-corrected chi connectivity index (χ2v) is 4.76. The molecule has 0 amide bonds. The van der Waals surface area contributed by atoms with E-state index in [-0.39, 0.29) is 12.5 Å². The lowest BCUT2D eigenvalue weighted by Gasteiger charge is -2.26. The van der Waals surface area contributed by atoms with Crippen LogP contribution in [0, 0.1) is 0 Å². The molecule has 1 unspecified atom stereocenters. The van der Waals surface area contributed by atoms with Crippen molar-refractivity contribution in [3.05, 3.63) is 34.9 Å². The molecular weight excluding hydrogens is 252 g/mol. The third-order valence-electron chi connectivity index (χ3n) is 2.74. The average molecular weight is 271 g/mol. The highest BCUT2D eigenvalue weighted by Crippen LogP contribution is 2.25. The van der Waals surface area contributed by atoms with E-state index in [1.165, 1.54) is 0 Å². The highest BCUT2D eigenvalue weighted by Gasteiger charge is 2.16. The van der Waals surface area contributed by atoms with Gasteiger partial charge < -0.3 is 15.3 Å². The molecule has 0 bridgehead atoms. The first kappa shape index (κ1) is 15.0. The van der Waals surface area contributed by atoms with Gasteiger partial charge in [-0.2, -0.15) is 0 Å². The van der Waals surface area contributed by atoms with Crippen LogP contribution in [0.25, 0.3) is 0 Å². The molecule has 5 heteroatoms. The molecule has 0 aromatic heterocycles. The van der Waals surface area contributed by atoms with Gasteiger partial charge in [-0.05, 0) is 25.7 Å². The number of hydrogen-bond donors (Lipinski definition) is 2. The van der Waals surface area contributed by atoms with E-state index in [2.05, 4.69) is 10.2 Å². The third kappa shape index (κ3) is 4.64. The molecule has 18 heavy (non-hydrogen) atoms. The Kier molecular flexibility index (Phi) is 6.12. The molecule has 2 N–H and O–H groups in total. The fourth-order valence-corrected chi connectivity index (χ4v) is 2.01. The highest BCUT2D eigenvalue weighted by molar-refractivity contribution is 6.31. The molecule has 1 aromatic carbocycles. The Morgan fingerprint density at radius 3 is 2.67 bits per heavy atom. The third-order valence-corrected chi connectivity index (χ3v) is 3.09. The van der Waals surface area contributed by atoms with Gasteiger partial charge in [0.25, 0.3) is 0 Å². The van der Waals surface area contributed by atoms with Crippen LogP contribution in [0.3, 0.4) is 0 Å². The van der Waals surface area contributed by atoms with E-state index < -0.39 is 5.97 Å². The standard InChI is InChI=1S/C13H19ClN2O2/c1-16(2)12(9-15-8-7-13(17)18)10-5-3-4-6-11(10)14/h3-6,12,15H,7-9H2,1-2H3,(H,17,18). The minimum Gasteiger partial charge on any atom is -0.481 e. The van der Waals surface area contributed by atoms with Gasteiger partial charge in [-0.1, -0.05) is 29.8 Å². The average Bonchev–Trinajstić information content (AvgIpc) is 2.30. The number of halogens is 1. The lowest BCUT2D eigenvalue weighted by atomic mass is 10.1. The van der Waals surface area contributed by atoms with Crippen molar-refractivity contribution in [2.75, 3.05) is 27.2 Å². The maximum atomic E-state index is 10.4. The number of nitrogens with one attached hydrogen (secondary N) is 1. The van der Waals surface area contributed by atoms with Gasteiger partial charge in [0.15, 0.2) is 0 Å². The number of benzene rings is 1. The lowest BCUT2D eigenvalue weighted by Crippen LogP contribution is -2.32. The van der Waals surface area contributed by atoms with Crippen LogP contribution in [0.1, 0.15) is 18.0 Å². The summed E-state index contributed by atoms with van der Waals surface area (Å²) >= 11 is 6.18. The summed E-state index contributed by atoms with van der Waals surface area (Å²) in [6, 6.07) is 7.84. The largest absolute Gasteiger partial charge is 0.481 e. The molecule has 0 saturated carbocycles. The van der Waals surface area contributed by atoms with Gasteiger partial charge in [-0.25, -0.2) is 0 Å². The lowest BCUT2D eigenvalue weighted by molar-refractivity contribution is -0.136. The van der Waals surface area contributed by atoms with Crippen LogP contribution < -0.4 is 5.32 Å². The van der Waals surface area contributed by atoms with Gasteiger partial charge in [0, 0.05) is 24.2 Å². The summed E-state index contributed by atoms with van der Waals surface area (Å²) in [5, 5.41) is 12.5. The van der Waals surface area contributed by atoms with E-state index in [0.717, 1.165) is 10.6 Å². The van der Waals surface area contributed by atoms with Crippen LogP contribution in [-0.2, 0) is 4.79 Å². The molecule has 0 saturated heterocycles. The summed E-state index contributed by atoms with van der Waals surface area (Å²) in [6.45, 7) is 1.13. The van der Waals surface area contributed by atoms with Crippen molar-refractivity contribution in [3.8, 4) is 0 Å². The smallest absolute Gasteiger partial charge is 0.304 e. The molecule has 4 nitrogen and oxygen atoms in total. The van der Waals surface area contributed by atoms with Gasteiger partial charge in [0.2, 0.25) is 0 Å². The highest BCUT2D eigenvalue weighted by atomic mass is 35.5. The predicted molar refractivity (Wildman–Crippen MR) is 73.0 cm³/mol. The Hall–Kier alpha value is -1.10. The molecule has 0 aliphatic rings. The number of hydrogen-bond acceptors (Lipinski definition) is 3. The maximum Gasteiger partial charge on any atom is 0.304 e. The maximum absolute atomic E-state index is 10.4. The van der Waals surface area contributed by atoms with Crippen molar-refractivity contribution < 1.29 is 9.90 Å². The molecule has 0 aliphatic heterocycles. The van der Waals surface area contributed by atoms with Gasteiger partial charge in [-0.3, -0.25) is 4.79 Å².